The fourth-order valence-electron chi connectivity index (χ4n) is 3.29. The number of carbonyl (C=O) groups excluding carboxylic acids is 1. The lowest BCUT2D eigenvalue weighted by molar-refractivity contribution is -0.156. The molecule has 0 heterocycles. The summed E-state index contributed by atoms with van der Waals surface area (Å²) in [7, 11) is 0. The highest BCUT2D eigenvalue weighted by molar-refractivity contribution is 5.91. The Morgan fingerprint density at radius 3 is 2.58 bits per heavy atom. The molecular formula is C11H18O. The molecule has 0 aliphatic heterocycles. The van der Waals surface area contributed by atoms with Gasteiger partial charge in [-0.15, -0.1) is 0 Å². The molecule has 0 aromatic heterocycles. The predicted molar refractivity (Wildman–Crippen MR) is 48.9 cm³/mol. The number of carbonyl (C=O) groups is 1. The number of hydrogen-bond acceptors (Lipinski definition) is 1. The second-order valence-electron chi connectivity index (χ2n) is 4.77. The Labute approximate surface area is 74.5 Å². The number of rotatable bonds is 1. The van der Waals surface area contributed by atoms with Gasteiger partial charge in [-0.25, -0.2) is 0 Å². The van der Waals surface area contributed by atoms with Crippen molar-refractivity contribution in [3.05, 3.63) is 0 Å². The molecular weight excluding hydrogens is 148 g/mol. The molecule has 2 unspecified atom stereocenters. The molecule has 1 heteroatoms. The van der Waals surface area contributed by atoms with Crippen molar-refractivity contribution < 1.29 is 4.79 Å². The molecule has 2 rings (SSSR count). The van der Waals surface area contributed by atoms with Crippen LogP contribution in [0.4, 0.5) is 0 Å². The van der Waals surface area contributed by atoms with Crippen LogP contribution in [0.15, 0.2) is 0 Å². The van der Waals surface area contributed by atoms with Crippen molar-refractivity contribution in [3.8, 4) is 0 Å². The molecule has 2 atom stereocenters. The fraction of sp³-hybridized carbons (Fsp3) is 0.909. The van der Waals surface area contributed by atoms with Crippen molar-refractivity contribution in [2.45, 2.75) is 46.0 Å². The maximum absolute atomic E-state index is 11.6. The molecule has 0 aromatic carbocycles. The van der Waals surface area contributed by atoms with Gasteiger partial charge in [0.1, 0.15) is 5.78 Å². The fourth-order valence-corrected chi connectivity index (χ4v) is 3.29. The van der Waals surface area contributed by atoms with E-state index in [1.165, 1.54) is 25.7 Å². The average molecular weight is 166 g/mol. The van der Waals surface area contributed by atoms with Crippen molar-refractivity contribution in [1.82, 2.24) is 0 Å². The number of hydrogen-bond donors (Lipinski definition) is 0. The molecule has 68 valence electrons. The minimum Gasteiger partial charge on any atom is -0.299 e. The average Bonchev–Trinajstić information content (AvgIpc) is 2.02. The molecule has 2 aliphatic carbocycles. The summed E-state index contributed by atoms with van der Waals surface area (Å²) < 4.78 is 0. The van der Waals surface area contributed by atoms with Crippen LogP contribution >= 0.6 is 0 Å². The Bertz CT molecular complexity index is 207. The zero-order valence-electron chi connectivity index (χ0n) is 8.10. The Kier molecular flexibility index (Phi) is 1.78. The van der Waals surface area contributed by atoms with Gasteiger partial charge >= 0.3 is 0 Å². The van der Waals surface area contributed by atoms with Crippen LogP contribution in [0, 0.1) is 17.3 Å². The third-order valence-electron chi connectivity index (χ3n) is 4.10. The predicted octanol–water partition coefficient (Wildman–Crippen LogP) is 2.79. The van der Waals surface area contributed by atoms with Gasteiger partial charge < -0.3 is 0 Å². The van der Waals surface area contributed by atoms with Crippen molar-refractivity contribution in [1.29, 1.82) is 0 Å². The highest BCUT2D eigenvalue weighted by Crippen LogP contribution is 2.56. The van der Waals surface area contributed by atoms with Crippen LogP contribution in [0.3, 0.4) is 0 Å². The van der Waals surface area contributed by atoms with Crippen LogP contribution in [0.5, 0.6) is 0 Å². The lowest BCUT2D eigenvalue weighted by Gasteiger charge is -2.53. The molecule has 2 aliphatic rings. The molecule has 12 heavy (non-hydrogen) atoms. The van der Waals surface area contributed by atoms with Gasteiger partial charge in [0, 0.05) is 11.8 Å². The first kappa shape index (κ1) is 8.28. The van der Waals surface area contributed by atoms with E-state index in [4.69, 9.17) is 0 Å². The molecule has 0 spiro atoms. The van der Waals surface area contributed by atoms with Gasteiger partial charge in [0.05, 0.1) is 0 Å². The third-order valence-corrected chi connectivity index (χ3v) is 4.10. The first-order valence-electron chi connectivity index (χ1n) is 5.21. The van der Waals surface area contributed by atoms with E-state index in [1.807, 2.05) is 0 Å². The van der Waals surface area contributed by atoms with Gasteiger partial charge in [-0.2, -0.15) is 0 Å². The minimum absolute atomic E-state index is 0.137. The molecule has 2 fully saturated rings. The zero-order chi connectivity index (χ0) is 8.77. The highest BCUT2D eigenvalue weighted by Gasteiger charge is 2.56. The number of ketones is 1. The molecule has 0 aromatic rings. The molecule has 0 bridgehead atoms. The van der Waals surface area contributed by atoms with Gasteiger partial charge in [-0.05, 0) is 24.7 Å². The van der Waals surface area contributed by atoms with Gasteiger partial charge in [-0.1, -0.05) is 26.7 Å². The van der Waals surface area contributed by atoms with Gasteiger partial charge in [0.15, 0.2) is 0 Å². The van der Waals surface area contributed by atoms with Crippen molar-refractivity contribution >= 4 is 5.78 Å². The minimum atomic E-state index is 0.137. The summed E-state index contributed by atoms with van der Waals surface area (Å²) in [6.45, 7) is 4.44. The second-order valence-corrected chi connectivity index (χ2v) is 4.77. The molecule has 2 saturated carbocycles. The Hall–Kier alpha value is -0.330. The zero-order valence-corrected chi connectivity index (χ0v) is 8.10. The maximum atomic E-state index is 11.6. The normalized spacial score (nSPS) is 40.9. The SMILES string of the molecule is CC(C)C12CCCCC1CC2=O. The Balaban J connectivity index is 2.22. The van der Waals surface area contributed by atoms with Crippen LogP contribution in [0.2, 0.25) is 0 Å². The van der Waals surface area contributed by atoms with E-state index in [0.717, 1.165) is 12.3 Å². The largest absolute Gasteiger partial charge is 0.299 e. The standard InChI is InChI=1S/C11H18O/c1-8(2)11-6-4-3-5-9(11)7-10(11)12/h8-9H,3-7H2,1-2H3. The number of Topliss-reactive ketones (excluding diaryl/α,β-unsaturated/α-hetero) is 1. The van der Waals surface area contributed by atoms with Crippen LogP contribution in [-0.4, -0.2) is 5.78 Å². The highest BCUT2D eigenvalue weighted by atomic mass is 16.1. The van der Waals surface area contributed by atoms with Gasteiger partial charge in [0.2, 0.25) is 0 Å². The first-order valence-corrected chi connectivity index (χ1v) is 5.21. The van der Waals surface area contributed by atoms with Crippen LogP contribution in [-0.2, 0) is 4.79 Å². The van der Waals surface area contributed by atoms with E-state index in [1.54, 1.807) is 0 Å². The topological polar surface area (TPSA) is 17.1 Å². The summed E-state index contributed by atoms with van der Waals surface area (Å²) in [6.07, 6.45) is 6.00. The molecule has 0 N–H and O–H groups in total. The molecule has 0 amide bonds. The van der Waals surface area contributed by atoms with Crippen molar-refractivity contribution in [2.24, 2.45) is 17.3 Å². The summed E-state index contributed by atoms with van der Waals surface area (Å²) in [4.78, 5) is 11.6. The third kappa shape index (κ3) is 0.826. The molecule has 0 radical (unpaired) electrons. The van der Waals surface area contributed by atoms with Gasteiger partial charge in [-0.3, -0.25) is 4.79 Å². The molecule has 1 nitrogen and oxygen atoms in total. The Morgan fingerprint density at radius 2 is 2.17 bits per heavy atom. The Morgan fingerprint density at radius 1 is 1.42 bits per heavy atom. The van der Waals surface area contributed by atoms with E-state index in [2.05, 4.69) is 13.8 Å². The summed E-state index contributed by atoms with van der Waals surface area (Å²) in [5.74, 6) is 1.88. The van der Waals surface area contributed by atoms with Crippen LogP contribution in [0.1, 0.15) is 46.0 Å². The van der Waals surface area contributed by atoms with Crippen molar-refractivity contribution in [2.75, 3.05) is 0 Å². The summed E-state index contributed by atoms with van der Waals surface area (Å²) in [6, 6.07) is 0. The van der Waals surface area contributed by atoms with E-state index in [0.29, 0.717) is 11.7 Å². The number of fused-ring (bicyclic) bond motifs is 1. The quantitative estimate of drug-likeness (QED) is 0.585. The molecule has 0 saturated heterocycles. The second kappa shape index (κ2) is 2.58. The first-order chi connectivity index (χ1) is 5.68. The van der Waals surface area contributed by atoms with Crippen LogP contribution in [0.25, 0.3) is 0 Å². The maximum Gasteiger partial charge on any atom is 0.139 e. The van der Waals surface area contributed by atoms with E-state index < -0.39 is 0 Å². The van der Waals surface area contributed by atoms with Crippen molar-refractivity contribution in [3.63, 3.8) is 0 Å². The van der Waals surface area contributed by atoms with Gasteiger partial charge in [0.25, 0.3) is 0 Å². The monoisotopic (exact) mass is 166 g/mol. The smallest absolute Gasteiger partial charge is 0.139 e. The summed E-state index contributed by atoms with van der Waals surface area (Å²) >= 11 is 0. The van der Waals surface area contributed by atoms with E-state index >= 15 is 0 Å². The van der Waals surface area contributed by atoms with E-state index in [-0.39, 0.29) is 5.41 Å². The lowest BCUT2D eigenvalue weighted by Crippen LogP contribution is -2.54. The summed E-state index contributed by atoms with van der Waals surface area (Å²) in [5, 5.41) is 0. The summed E-state index contributed by atoms with van der Waals surface area (Å²) in [5.41, 5.74) is 0.137. The lowest BCUT2D eigenvalue weighted by atomic mass is 9.48. The van der Waals surface area contributed by atoms with E-state index in [9.17, 15) is 4.79 Å². The van der Waals surface area contributed by atoms with Crippen LogP contribution < -0.4 is 0 Å².